The van der Waals surface area contributed by atoms with Gasteiger partial charge in [-0.1, -0.05) is 0 Å². The second-order valence-corrected chi connectivity index (χ2v) is 8.29. The van der Waals surface area contributed by atoms with Crippen LogP contribution in [0.1, 0.15) is 30.7 Å². The molecule has 5 nitrogen and oxygen atoms in total. The van der Waals surface area contributed by atoms with Crippen LogP contribution in [0.2, 0.25) is 0 Å². The van der Waals surface area contributed by atoms with Crippen LogP contribution in [0.25, 0.3) is 0 Å². The molecule has 0 saturated carbocycles. The second-order valence-electron chi connectivity index (χ2n) is 7.31. The molecule has 2 atom stereocenters. The van der Waals surface area contributed by atoms with Gasteiger partial charge >= 0.3 is 0 Å². The van der Waals surface area contributed by atoms with Crippen LogP contribution in [0.4, 0.5) is 0 Å². The van der Waals surface area contributed by atoms with Crippen LogP contribution in [0.15, 0.2) is 11.6 Å². The van der Waals surface area contributed by atoms with Crippen LogP contribution < -0.4 is 0 Å². The van der Waals surface area contributed by atoms with E-state index < -0.39 is 0 Å². The zero-order chi connectivity index (χ0) is 15.7. The van der Waals surface area contributed by atoms with Gasteiger partial charge in [-0.2, -0.15) is 0 Å². The average Bonchev–Trinajstić information content (AvgIpc) is 3.28. The minimum absolute atomic E-state index is 0.111. The van der Waals surface area contributed by atoms with Gasteiger partial charge in [0.15, 0.2) is 0 Å². The molecular formula is C17H25N3O2S. The Bertz CT molecular complexity index is 544. The van der Waals surface area contributed by atoms with E-state index in [9.17, 15) is 4.79 Å². The summed E-state index contributed by atoms with van der Waals surface area (Å²) in [6.45, 7) is 6.47. The summed E-state index contributed by atoms with van der Waals surface area (Å²) in [5.41, 5.74) is 0.310. The monoisotopic (exact) mass is 335 g/mol. The van der Waals surface area contributed by atoms with Crippen molar-refractivity contribution in [3.63, 3.8) is 0 Å². The Morgan fingerprint density at radius 3 is 3.13 bits per heavy atom. The van der Waals surface area contributed by atoms with Gasteiger partial charge in [0.25, 0.3) is 0 Å². The fraction of sp³-hybridized carbons (Fsp3) is 0.765. The molecule has 3 aliphatic rings. The molecule has 126 valence electrons. The van der Waals surface area contributed by atoms with E-state index in [0.717, 1.165) is 52.2 Å². The van der Waals surface area contributed by atoms with E-state index >= 15 is 0 Å². The number of carbonyl (C=O) groups excluding carboxylic acids is 1. The summed E-state index contributed by atoms with van der Waals surface area (Å²) in [6, 6.07) is 0. The molecular weight excluding hydrogens is 310 g/mol. The predicted molar refractivity (Wildman–Crippen MR) is 89.2 cm³/mol. The first-order chi connectivity index (χ1) is 11.2. The summed E-state index contributed by atoms with van der Waals surface area (Å²) in [6.07, 6.45) is 6.44. The Morgan fingerprint density at radius 2 is 2.35 bits per heavy atom. The van der Waals surface area contributed by atoms with Crippen molar-refractivity contribution < 1.29 is 9.53 Å². The third-order valence-electron chi connectivity index (χ3n) is 5.61. The molecule has 1 spiro atoms. The normalized spacial score (nSPS) is 32.0. The van der Waals surface area contributed by atoms with Gasteiger partial charge in [0, 0.05) is 43.2 Å². The standard InChI is InChI=1S/C17H25N3O2S/c21-16(14-2-8-22-11-14)20-7-4-17(13-20)3-1-6-19(12-17)10-15-18-5-9-23-15/h5,9,14H,1-4,6-8,10-13H2. The van der Waals surface area contributed by atoms with E-state index in [4.69, 9.17) is 4.74 Å². The Morgan fingerprint density at radius 1 is 1.39 bits per heavy atom. The second kappa shape index (κ2) is 6.49. The van der Waals surface area contributed by atoms with Crippen LogP contribution in [0.3, 0.4) is 0 Å². The maximum absolute atomic E-state index is 12.6. The zero-order valence-corrected chi connectivity index (χ0v) is 14.4. The Balaban J connectivity index is 1.37. The lowest BCUT2D eigenvalue weighted by atomic mass is 9.79. The van der Waals surface area contributed by atoms with Crippen LogP contribution in [-0.4, -0.2) is 60.1 Å². The van der Waals surface area contributed by atoms with E-state index in [2.05, 4.69) is 20.2 Å². The van der Waals surface area contributed by atoms with Gasteiger partial charge in [0.2, 0.25) is 5.91 Å². The van der Waals surface area contributed by atoms with Crippen LogP contribution in [-0.2, 0) is 16.1 Å². The molecule has 23 heavy (non-hydrogen) atoms. The van der Waals surface area contributed by atoms with Crippen molar-refractivity contribution in [1.82, 2.24) is 14.8 Å². The van der Waals surface area contributed by atoms with Crippen LogP contribution in [0.5, 0.6) is 0 Å². The summed E-state index contributed by atoms with van der Waals surface area (Å²) < 4.78 is 5.39. The van der Waals surface area contributed by atoms with Crippen molar-refractivity contribution >= 4 is 17.2 Å². The molecule has 0 radical (unpaired) electrons. The van der Waals surface area contributed by atoms with Crippen LogP contribution >= 0.6 is 11.3 Å². The summed E-state index contributed by atoms with van der Waals surface area (Å²) in [7, 11) is 0. The number of thiazole rings is 1. The molecule has 0 N–H and O–H groups in total. The Labute approximate surface area is 141 Å². The third-order valence-corrected chi connectivity index (χ3v) is 6.38. The molecule has 0 aromatic carbocycles. The first-order valence-corrected chi connectivity index (χ1v) is 9.59. The van der Waals surface area contributed by atoms with Crippen molar-refractivity contribution in [2.45, 2.75) is 32.2 Å². The highest BCUT2D eigenvalue weighted by Gasteiger charge is 2.44. The number of nitrogens with zero attached hydrogens (tertiary/aromatic N) is 3. The quantitative estimate of drug-likeness (QED) is 0.847. The molecule has 0 bridgehead atoms. The predicted octanol–water partition coefficient (Wildman–Crippen LogP) is 1.99. The van der Waals surface area contributed by atoms with E-state index in [1.807, 2.05) is 6.20 Å². The summed E-state index contributed by atoms with van der Waals surface area (Å²) in [5, 5.41) is 3.25. The first-order valence-electron chi connectivity index (χ1n) is 8.71. The molecule has 1 amide bonds. The van der Waals surface area contributed by atoms with E-state index in [1.165, 1.54) is 17.8 Å². The molecule has 0 aliphatic carbocycles. The lowest BCUT2D eigenvalue weighted by Gasteiger charge is -2.40. The number of hydrogen-bond acceptors (Lipinski definition) is 5. The number of piperidine rings is 1. The number of likely N-dealkylation sites (tertiary alicyclic amines) is 2. The van der Waals surface area contributed by atoms with E-state index in [0.29, 0.717) is 17.9 Å². The highest BCUT2D eigenvalue weighted by atomic mass is 32.1. The average molecular weight is 335 g/mol. The Hall–Kier alpha value is -0.980. The lowest BCUT2D eigenvalue weighted by molar-refractivity contribution is -0.135. The number of carbonyl (C=O) groups is 1. The first kappa shape index (κ1) is 15.5. The number of ether oxygens (including phenoxy) is 1. The fourth-order valence-electron chi connectivity index (χ4n) is 4.41. The summed E-state index contributed by atoms with van der Waals surface area (Å²) in [5.74, 6) is 0.441. The Kier molecular flexibility index (Phi) is 4.39. The number of aromatic nitrogens is 1. The maximum atomic E-state index is 12.6. The molecule has 3 aliphatic heterocycles. The van der Waals surface area contributed by atoms with Gasteiger partial charge in [-0.15, -0.1) is 11.3 Å². The SMILES string of the molecule is O=C(C1CCOC1)N1CCC2(CCCN(Cc3nccs3)C2)C1. The molecule has 1 aromatic heterocycles. The van der Waals surface area contributed by atoms with Crippen molar-refractivity contribution in [1.29, 1.82) is 0 Å². The molecule has 3 fully saturated rings. The highest BCUT2D eigenvalue weighted by molar-refractivity contribution is 7.09. The fourth-order valence-corrected chi connectivity index (χ4v) is 5.07. The van der Waals surface area contributed by atoms with Crippen molar-refractivity contribution in [3.8, 4) is 0 Å². The topological polar surface area (TPSA) is 45.7 Å². The van der Waals surface area contributed by atoms with E-state index in [-0.39, 0.29) is 5.92 Å². The van der Waals surface area contributed by atoms with Crippen molar-refractivity contribution in [2.75, 3.05) is 39.4 Å². The van der Waals surface area contributed by atoms with Crippen LogP contribution in [0, 0.1) is 11.3 Å². The third kappa shape index (κ3) is 3.30. The maximum Gasteiger partial charge on any atom is 0.228 e. The largest absolute Gasteiger partial charge is 0.381 e. The molecule has 1 aromatic rings. The minimum atomic E-state index is 0.111. The summed E-state index contributed by atoms with van der Waals surface area (Å²) >= 11 is 1.74. The molecule has 6 heteroatoms. The van der Waals surface area contributed by atoms with Gasteiger partial charge in [0.05, 0.1) is 19.1 Å². The molecule has 3 saturated heterocycles. The van der Waals surface area contributed by atoms with Gasteiger partial charge in [-0.25, -0.2) is 4.98 Å². The van der Waals surface area contributed by atoms with Crippen molar-refractivity contribution in [2.24, 2.45) is 11.3 Å². The highest BCUT2D eigenvalue weighted by Crippen LogP contribution is 2.40. The van der Waals surface area contributed by atoms with E-state index in [1.54, 1.807) is 11.3 Å². The van der Waals surface area contributed by atoms with Crippen molar-refractivity contribution in [3.05, 3.63) is 16.6 Å². The minimum Gasteiger partial charge on any atom is -0.381 e. The lowest BCUT2D eigenvalue weighted by Crippen LogP contribution is -2.45. The molecule has 2 unspecified atom stereocenters. The van der Waals surface area contributed by atoms with Gasteiger partial charge in [-0.3, -0.25) is 9.69 Å². The molecule has 4 heterocycles. The zero-order valence-electron chi connectivity index (χ0n) is 13.6. The number of amides is 1. The van der Waals surface area contributed by atoms with Gasteiger partial charge < -0.3 is 9.64 Å². The molecule has 4 rings (SSSR count). The summed E-state index contributed by atoms with van der Waals surface area (Å²) in [4.78, 5) is 21.7. The van der Waals surface area contributed by atoms with Gasteiger partial charge in [-0.05, 0) is 32.2 Å². The number of rotatable bonds is 3. The smallest absolute Gasteiger partial charge is 0.228 e. The van der Waals surface area contributed by atoms with Gasteiger partial charge in [0.1, 0.15) is 5.01 Å². The number of hydrogen-bond donors (Lipinski definition) is 0.